The van der Waals surface area contributed by atoms with Gasteiger partial charge in [-0.05, 0) is 12.8 Å². The predicted molar refractivity (Wildman–Crippen MR) is 75.3 cm³/mol. The Hall–Kier alpha value is -0.940. The molecule has 1 aromatic rings. The molecule has 0 aromatic carbocycles. The summed E-state index contributed by atoms with van der Waals surface area (Å²) in [6, 6.07) is 0.502. The molecule has 0 spiro atoms. The van der Waals surface area contributed by atoms with Gasteiger partial charge in [-0.3, -0.25) is 0 Å². The molecule has 0 amide bonds. The SMILES string of the molecule is COCCN1CCC(n2cc(C(C)(C)C)nn2)CC1. The standard InChI is InChI=1S/C14H26N4O/c1-14(2,3)13-11-18(16-15-13)12-5-7-17(8-6-12)9-10-19-4/h11-12H,5-10H2,1-4H3. The lowest BCUT2D eigenvalue weighted by Gasteiger charge is -2.31. The van der Waals surface area contributed by atoms with Gasteiger partial charge in [-0.1, -0.05) is 26.0 Å². The Morgan fingerprint density at radius 2 is 2.00 bits per heavy atom. The Morgan fingerprint density at radius 1 is 1.32 bits per heavy atom. The topological polar surface area (TPSA) is 43.2 Å². The van der Waals surface area contributed by atoms with Gasteiger partial charge in [-0.25, -0.2) is 4.68 Å². The highest BCUT2D eigenvalue weighted by atomic mass is 16.5. The van der Waals surface area contributed by atoms with Gasteiger partial charge in [0, 0.05) is 38.4 Å². The fourth-order valence-electron chi connectivity index (χ4n) is 2.43. The zero-order valence-corrected chi connectivity index (χ0v) is 12.6. The van der Waals surface area contributed by atoms with Gasteiger partial charge in [-0.2, -0.15) is 0 Å². The van der Waals surface area contributed by atoms with E-state index in [-0.39, 0.29) is 5.41 Å². The predicted octanol–water partition coefficient (Wildman–Crippen LogP) is 1.86. The summed E-state index contributed by atoms with van der Waals surface area (Å²) in [4.78, 5) is 2.46. The number of ether oxygens (including phenoxy) is 1. The summed E-state index contributed by atoms with van der Waals surface area (Å²) in [5.41, 5.74) is 1.16. The summed E-state index contributed by atoms with van der Waals surface area (Å²) < 4.78 is 7.19. The maximum atomic E-state index is 5.13. The number of piperidine rings is 1. The Bertz CT molecular complexity index is 388. The quantitative estimate of drug-likeness (QED) is 0.834. The van der Waals surface area contributed by atoms with Gasteiger partial charge in [0.05, 0.1) is 18.3 Å². The van der Waals surface area contributed by atoms with Crippen molar-refractivity contribution >= 4 is 0 Å². The van der Waals surface area contributed by atoms with Crippen molar-refractivity contribution in [3.05, 3.63) is 11.9 Å². The van der Waals surface area contributed by atoms with Crippen molar-refractivity contribution in [2.45, 2.75) is 45.1 Å². The fourth-order valence-corrected chi connectivity index (χ4v) is 2.43. The van der Waals surface area contributed by atoms with Crippen LogP contribution in [0.4, 0.5) is 0 Å². The molecule has 0 atom stereocenters. The lowest BCUT2D eigenvalue weighted by molar-refractivity contribution is 0.119. The Labute approximate surface area is 115 Å². The molecule has 19 heavy (non-hydrogen) atoms. The average Bonchev–Trinajstić information content (AvgIpc) is 2.86. The lowest BCUT2D eigenvalue weighted by Crippen LogP contribution is -2.36. The van der Waals surface area contributed by atoms with Crippen LogP contribution < -0.4 is 0 Å². The number of rotatable bonds is 4. The summed E-state index contributed by atoms with van der Waals surface area (Å²) >= 11 is 0. The molecule has 5 heteroatoms. The van der Waals surface area contributed by atoms with Crippen molar-refractivity contribution in [3.63, 3.8) is 0 Å². The molecular formula is C14H26N4O. The van der Waals surface area contributed by atoms with E-state index >= 15 is 0 Å². The van der Waals surface area contributed by atoms with Gasteiger partial charge < -0.3 is 9.64 Å². The zero-order valence-electron chi connectivity index (χ0n) is 12.6. The van der Waals surface area contributed by atoms with Crippen molar-refractivity contribution in [1.82, 2.24) is 19.9 Å². The van der Waals surface area contributed by atoms with E-state index in [1.807, 2.05) is 0 Å². The maximum absolute atomic E-state index is 5.13. The Balaban J connectivity index is 1.89. The molecule has 2 heterocycles. The lowest BCUT2D eigenvalue weighted by atomic mass is 9.93. The first-order valence-electron chi connectivity index (χ1n) is 7.14. The van der Waals surface area contributed by atoms with Crippen LogP contribution in [0.1, 0.15) is 45.3 Å². The average molecular weight is 266 g/mol. The first kappa shape index (κ1) is 14.5. The van der Waals surface area contributed by atoms with Gasteiger partial charge in [0.25, 0.3) is 0 Å². The third kappa shape index (κ3) is 3.76. The largest absolute Gasteiger partial charge is 0.383 e. The normalized spacial score (nSPS) is 18.9. The second-order valence-electron chi connectivity index (χ2n) is 6.40. The van der Waals surface area contributed by atoms with Crippen molar-refractivity contribution in [2.75, 3.05) is 33.4 Å². The summed E-state index contributed by atoms with van der Waals surface area (Å²) in [5, 5.41) is 8.63. The minimum Gasteiger partial charge on any atom is -0.383 e. The van der Waals surface area contributed by atoms with Crippen LogP contribution in [0.5, 0.6) is 0 Å². The number of methoxy groups -OCH3 is 1. The van der Waals surface area contributed by atoms with E-state index in [1.54, 1.807) is 7.11 Å². The molecule has 1 aliphatic rings. The second kappa shape index (κ2) is 6.01. The molecule has 0 N–H and O–H groups in total. The molecule has 0 radical (unpaired) electrons. The van der Waals surface area contributed by atoms with E-state index in [1.165, 1.54) is 0 Å². The highest BCUT2D eigenvalue weighted by Gasteiger charge is 2.24. The van der Waals surface area contributed by atoms with Gasteiger partial charge in [0.15, 0.2) is 0 Å². The van der Waals surface area contributed by atoms with Crippen LogP contribution >= 0.6 is 0 Å². The molecule has 1 saturated heterocycles. The van der Waals surface area contributed by atoms with E-state index in [4.69, 9.17) is 4.74 Å². The van der Waals surface area contributed by atoms with Crippen LogP contribution in [0.15, 0.2) is 6.20 Å². The van der Waals surface area contributed by atoms with Gasteiger partial charge in [0.2, 0.25) is 0 Å². The molecule has 2 rings (SSSR count). The van der Waals surface area contributed by atoms with Gasteiger partial charge >= 0.3 is 0 Å². The fraction of sp³-hybridized carbons (Fsp3) is 0.857. The third-order valence-electron chi connectivity index (χ3n) is 3.82. The van der Waals surface area contributed by atoms with E-state index in [0.29, 0.717) is 6.04 Å². The van der Waals surface area contributed by atoms with Crippen molar-refractivity contribution in [1.29, 1.82) is 0 Å². The molecule has 1 aliphatic heterocycles. The molecule has 1 fully saturated rings. The highest BCUT2D eigenvalue weighted by Crippen LogP contribution is 2.24. The molecule has 0 saturated carbocycles. The van der Waals surface area contributed by atoms with Crippen LogP contribution in [0, 0.1) is 0 Å². The molecule has 0 aliphatic carbocycles. The number of nitrogens with zero attached hydrogens (tertiary/aromatic N) is 4. The summed E-state index contributed by atoms with van der Waals surface area (Å²) in [7, 11) is 1.76. The van der Waals surface area contributed by atoms with Gasteiger partial charge in [-0.15, -0.1) is 5.10 Å². The molecular weight excluding hydrogens is 240 g/mol. The maximum Gasteiger partial charge on any atom is 0.0880 e. The molecule has 1 aromatic heterocycles. The van der Waals surface area contributed by atoms with E-state index in [2.05, 4.69) is 46.9 Å². The van der Waals surface area contributed by atoms with Crippen LogP contribution in [0.2, 0.25) is 0 Å². The number of aromatic nitrogens is 3. The number of hydrogen-bond acceptors (Lipinski definition) is 4. The van der Waals surface area contributed by atoms with E-state index in [0.717, 1.165) is 44.8 Å². The zero-order chi connectivity index (χ0) is 13.9. The third-order valence-corrected chi connectivity index (χ3v) is 3.82. The minimum absolute atomic E-state index is 0.0808. The Kier molecular flexibility index (Phi) is 4.58. The molecule has 108 valence electrons. The van der Waals surface area contributed by atoms with E-state index in [9.17, 15) is 0 Å². The molecule has 0 bridgehead atoms. The minimum atomic E-state index is 0.0808. The van der Waals surface area contributed by atoms with Crippen LogP contribution in [-0.4, -0.2) is 53.2 Å². The summed E-state index contributed by atoms with van der Waals surface area (Å²) in [5.74, 6) is 0. The van der Waals surface area contributed by atoms with Crippen molar-refractivity contribution in [2.24, 2.45) is 0 Å². The first-order valence-corrected chi connectivity index (χ1v) is 7.14. The van der Waals surface area contributed by atoms with Crippen molar-refractivity contribution < 1.29 is 4.74 Å². The van der Waals surface area contributed by atoms with Gasteiger partial charge in [0.1, 0.15) is 0 Å². The van der Waals surface area contributed by atoms with Crippen LogP contribution in [0.3, 0.4) is 0 Å². The number of likely N-dealkylation sites (tertiary alicyclic amines) is 1. The monoisotopic (exact) mass is 266 g/mol. The number of hydrogen-bond donors (Lipinski definition) is 0. The highest BCUT2D eigenvalue weighted by molar-refractivity contribution is 5.06. The van der Waals surface area contributed by atoms with Crippen LogP contribution in [-0.2, 0) is 10.2 Å². The second-order valence-corrected chi connectivity index (χ2v) is 6.40. The molecule has 5 nitrogen and oxygen atoms in total. The molecule has 0 unspecified atom stereocenters. The summed E-state index contributed by atoms with van der Waals surface area (Å²) in [6.45, 7) is 10.6. The van der Waals surface area contributed by atoms with Crippen LogP contribution in [0.25, 0.3) is 0 Å². The summed E-state index contributed by atoms with van der Waals surface area (Å²) in [6.07, 6.45) is 4.42. The van der Waals surface area contributed by atoms with Crippen molar-refractivity contribution in [3.8, 4) is 0 Å². The Morgan fingerprint density at radius 3 is 2.53 bits per heavy atom. The smallest absolute Gasteiger partial charge is 0.0880 e. The first-order chi connectivity index (χ1) is 9.00. The van der Waals surface area contributed by atoms with E-state index < -0.39 is 0 Å².